The lowest BCUT2D eigenvalue weighted by atomic mass is 10.1. The summed E-state index contributed by atoms with van der Waals surface area (Å²) in [5, 5.41) is 3.93. The van der Waals surface area contributed by atoms with Crippen LogP contribution in [0.25, 0.3) is 11.3 Å². The summed E-state index contributed by atoms with van der Waals surface area (Å²) in [7, 11) is 1.77. The van der Waals surface area contributed by atoms with E-state index in [1.54, 1.807) is 13.1 Å². The first-order valence-corrected chi connectivity index (χ1v) is 7.08. The number of aromatic nitrogens is 1. The van der Waals surface area contributed by atoms with E-state index in [2.05, 4.69) is 10.3 Å². The van der Waals surface area contributed by atoms with Gasteiger partial charge in [-0.05, 0) is 32.0 Å². The second-order valence-corrected chi connectivity index (χ2v) is 5.38. The predicted molar refractivity (Wildman–Crippen MR) is 85.0 cm³/mol. The number of anilines is 1. The van der Waals surface area contributed by atoms with Gasteiger partial charge in [-0.15, -0.1) is 0 Å². The highest BCUT2D eigenvalue weighted by Crippen LogP contribution is 2.37. The zero-order valence-corrected chi connectivity index (χ0v) is 13.1. The molecule has 5 heteroatoms. The number of nitrogens with one attached hydrogen (secondary N) is 1. The highest BCUT2D eigenvalue weighted by atomic mass is 35.5. The Morgan fingerprint density at radius 1 is 1.15 bits per heavy atom. The summed E-state index contributed by atoms with van der Waals surface area (Å²) in [5.74, 6) is 1.34. The number of halogens is 2. The Morgan fingerprint density at radius 2 is 1.85 bits per heavy atom. The maximum Gasteiger partial charge on any atom is 0.145 e. The monoisotopic (exact) mass is 310 g/mol. The van der Waals surface area contributed by atoms with E-state index in [1.807, 2.05) is 38.1 Å². The van der Waals surface area contributed by atoms with Gasteiger partial charge < -0.3 is 10.1 Å². The molecule has 1 aromatic heterocycles. The van der Waals surface area contributed by atoms with Crippen LogP contribution in [0.4, 0.5) is 5.82 Å². The van der Waals surface area contributed by atoms with Crippen LogP contribution >= 0.6 is 23.2 Å². The van der Waals surface area contributed by atoms with Gasteiger partial charge in [0, 0.05) is 12.6 Å². The number of hydrogen-bond donors (Lipinski definition) is 1. The van der Waals surface area contributed by atoms with Crippen LogP contribution in [0.2, 0.25) is 10.0 Å². The lowest BCUT2D eigenvalue weighted by Gasteiger charge is -2.15. The normalized spacial score (nSPS) is 10.7. The zero-order valence-electron chi connectivity index (χ0n) is 11.6. The van der Waals surface area contributed by atoms with Crippen LogP contribution in [0.1, 0.15) is 13.8 Å². The Balaban J connectivity index is 2.56. The molecule has 0 saturated heterocycles. The van der Waals surface area contributed by atoms with Gasteiger partial charge in [-0.1, -0.05) is 35.3 Å². The lowest BCUT2D eigenvalue weighted by molar-refractivity contribution is 0.243. The Kier molecular flexibility index (Phi) is 4.73. The Bertz CT molecular complexity index is 615. The van der Waals surface area contributed by atoms with Crippen molar-refractivity contribution >= 4 is 29.0 Å². The van der Waals surface area contributed by atoms with Crippen molar-refractivity contribution in [2.45, 2.75) is 20.0 Å². The molecule has 0 radical (unpaired) electrons. The van der Waals surface area contributed by atoms with Crippen molar-refractivity contribution in [3.63, 3.8) is 0 Å². The largest absolute Gasteiger partial charge is 0.490 e. The molecular weight excluding hydrogens is 295 g/mol. The van der Waals surface area contributed by atoms with E-state index < -0.39 is 0 Å². The van der Waals surface area contributed by atoms with Gasteiger partial charge in [0.2, 0.25) is 0 Å². The van der Waals surface area contributed by atoms with Crippen molar-refractivity contribution in [1.82, 2.24) is 4.98 Å². The first kappa shape index (κ1) is 14.9. The maximum atomic E-state index is 6.27. The number of ether oxygens (including phenoxy) is 1. The van der Waals surface area contributed by atoms with E-state index in [1.165, 1.54) is 0 Å². The number of pyridine rings is 1. The van der Waals surface area contributed by atoms with Crippen molar-refractivity contribution in [3.8, 4) is 17.0 Å². The maximum absolute atomic E-state index is 6.27. The summed E-state index contributed by atoms with van der Waals surface area (Å²) in [4.78, 5) is 4.47. The zero-order chi connectivity index (χ0) is 14.7. The van der Waals surface area contributed by atoms with E-state index in [0.29, 0.717) is 21.6 Å². The predicted octanol–water partition coefficient (Wildman–Crippen LogP) is 4.88. The number of hydrogen-bond acceptors (Lipinski definition) is 3. The molecule has 20 heavy (non-hydrogen) atoms. The molecule has 0 fully saturated rings. The minimum absolute atomic E-state index is 0.0750. The van der Waals surface area contributed by atoms with Gasteiger partial charge in [-0.25, -0.2) is 4.98 Å². The molecule has 2 rings (SSSR count). The molecular formula is C15H16Cl2N2O. The van der Waals surface area contributed by atoms with E-state index in [9.17, 15) is 0 Å². The summed E-state index contributed by atoms with van der Waals surface area (Å²) in [6.45, 7) is 3.96. The number of rotatable bonds is 4. The highest BCUT2D eigenvalue weighted by molar-refractivity contribution is 6.37. The summed E-state index contributed by atoms with van der Waals surface area (Å²) in [6, 6.07) is 9.36. The van der Waals surface area contributed by atoms with E-state index in [0.717, 1.165) is 11.3 Å². The van der Waals surface area contributed by atoms with Crippen molar-refractivity contribution in [2.75, 3.05) is 12.4 Å². The van der Waals surface area contributed by atoms with Crippen LogP contribution in [0.3, 0.4) is 0 Å². The molecule has 0 saturated carbocycles. The van der Waals surface area contributed by atoms with Crippen LogP contribution in [0.5, 0.6) is 5.75 Å². The fourth-order valence-electron chi connectivity index (χ4n) is 1.85. The molecule has 0 spiro atoms. The van der Waals surface area contributed by atoms with E-state index in [-0.39, 0.29) is 6.10 Å². The van der Waals surface area contributed by atoms with Crippen molar-refractivity contribution < 1.29 is 4.74 Å². The van der Waals surface area contributed by atoms with Gasteiger partial charge in [0.25, 0.3) is 0 Å². The highest BCUT2D eigenvalue weighted by Gasteiger charge is 2.15. The fourth-order valence-corrected chi connectivity index (χ4v) is 2.40. The third-order valence-electron chi connectivity index (χ3n) is 2.67. The Labute approximate surface area is 128 Å². The van der Waals surface area contributed by atoms with Crippen molar-refractivity contribution in [3.05, 3.63) is 40.4 Å². The number of benzene rings is 1. The molecule has 1 heterocycles. The second kappa shape index (κ2) is 6.33. The summed E-state index contributed by atoms with van der Waals surface area (Å²) in [6.07, 6.45) is 0.0750. The molecule has 0 unspecified atom stereocenters. The third kappa shape index (κ3) is 3.17. The SMILES string of the molecule is CNc1nc(-c2ccccc2OC(C)C)c(Cl)cc1Cl. The topological polar surface area (TPSA) is 34.2 Å². The average molecular weight is 311 g/mol. The number of para-hydroxylation sites is 1. The Morgan fingerprint density at radius 3 is 2.50 bits per heavy atom. The quantitative estimate of drug-likeness (QED) is 0.873. The molecule has 1 N–H and O–H groups in total. The third-order valence-corrected chi connectivity index (χ3v) is 3.25. The van der Waals surface area contributed by atoms with E-state index >= 15 is 0 Å². The molecule has 0 atom stereocenters. The first-order chi connectivity index (χ1) is 9.52. The molecule has 0 bridgehead atoms. The van der Waals surface area contributed by atoms with Crippen molar-refractivity contribution in [1.29, 1.82) is 0 Å². The number of nitrogens with zero attached hydrogens (tertiary/aromatic N) is 1. The van der Waals surface area contributed by atoms with Gasteiger partial charge >= 0.3 is 0 Å². The van der Waals surface area contributed by atoms with Gasteiger partial charge in [0.15, 0.2) is 0 Å². The van der Waals surface area contributed by atoms with Gasteiger partial charge in [0.05, 0.1) is 21.8 Å². The summed E-state index contributed by atoms with van der Waals surface area (Å²) >= 11 is 12.3. The Hall–Kier alpha value is -1.45. The minimum Gasteiger partial charge on any atom is -0.490 e. The lowest BCUT2D eigenvalue weighted by Crippen LogP contribution is -2.07. The van der Waals surface area contributed by atoms with Crippen LogP contribution in [0.15, 0.2) is 30.3 Å². The van der Waals surface area contributed by atoms with Crippen LogP contribution < -0.4 is 10.1 Å². The molecule has 2 aromatic rings. The fraction of sp³-hybridized carbons (Fsp3) is 0.267. The molecule has 0 aliphatic carbocycles. The smallest absolute Gasteiger partial charge is 0.145 e. The molecule has 3 nitrogen and oxygen atoms in total. The average Bonchev–Trinajstić information content (AvgIpc) is 2.39. The minimum atomic E-state index is 0.0750. The van der Waals surface area contributed by atoms with Gasteiger partial charge in [-0.3, -0.25) is 0 Å². The molecule has 0 aliphatic rings. The van der Waals surface area contributed by atoms with Crippen molar-refractivity contribution in [2.24, 2.45) is 0 Å². The molecule has 106 valence electrons. The van der Waals surface area contributed by atoms with Crippen LogP contribution in [-0.2, 0) is 0 Å². The summed E-state index contributed by atoms with van der Waals surface area (Å²) in [5.41, 5.74) is 1.50. The van der Waals surface area contributed by atoms with Gasteiger partial charge in [0.1, 0.15) is 11.6 Å². The second-order valence-electron chi connectivity index (χ2n) is 4.56. The first-order valence-electron chi connectivity index (χ1n) is 6.32. The molecule has 0 aliphatic heterocycles. The van der Waals surface area contributed by atoms with Crippen LogP contribution in [0, 0.1) is 0 Å². The van der Waals surface area contributed by atoms with E-state index in [4.69, 9.17) is 27.9 Å². The molecule has 0 amide bonds. The van der Waals surface area contributed by atoms with Gasteiger partial charge in [-0.2, -0.15) is 0 Å². The summed E-state index contributed by atoms with van der Waals surface area (Å²) < 4.78 is 5.81. The van der Waals surface area contributed by atoms with Crippen LogP contribution in [-0.4, -0.2) is 18.1 Å². The standard InChI is InChI=1S/C15H16Cl2N2O/c1-9(2)20-13-7-5-4-6-10(13)14-11(16)8-12(17)15(18-3)19-14/h4-9H,1-3H3,(H,18,19). The molecule has 1 aromatic carbocycles.